The summed E-state index contributed by atoms with van der Waals surface area (Å²) in [5.74, 6) is -0.370. The van der Waals surface area contributed by atoms with Crippen molar-refractivity contribution in [2.24, 2.45) is 0 Å². The Labute approximate surface area is 116 Å². The van der Waals surface area contributed by atoms with E-state index in [2.05, 4.69) is 34.2 Å². The highest BCUT2D eigenvalue weighted by Crippen LogP contribution is 2.35. The molecule has 1 aliphatic rings. The number of nitrogens with zero attached hydrogens (tertiary/aromatic N) is 3. The number of para-hydroxylation sites is 1. The number of carboxylic acids is 1. The van der Waals surface area contributed by atoms with Gasteiger partial charge in [0.1, 0.15) is 0 Å². The molecule has 0 radical (unpaired) electrons. The van der Waals surface area contributed by atoms with Crippen LogP contribution < -0.4 is 4.90 Å². The fraction of sp³-hybridized carbons (Fsp3) is 0.267. The van der Waals surface area contributed by atoms with Crippen molar-refractivity contribution in [2.75, 3.05) is 4.90 Å². The number of rotatable bonds is 2. The molecule has 2 heterocycles. The highest BCUT2D eigenvalue weighted by atomic mass is 16.4. The predicted octanol–water partition coefficient (Wildman–Crippen LogP) is 2.65. The van der Waals surface area contributed by atoms with E-state index < -0.39 is 5.97 Å². The Morgan fingerprint density at radius 1 is 1.25 bits per heavy atom. The number of hydrogen-bond donors (Lipinski definition) is 1. The minimum Gasteiger partial charge on any atom is -0.476 e. The lowest BCUT2D eigenvalue weighted by atomic mass is 9.97. The van der Waals surface area contributed by atoms with Crippen LogP contribution in [0.2, 0.25) is 0 Å². The summed E-state index contributed by atoms with van der Waals surface area (Å²) in [5, 5.41) is 16.7. The summed E-state index contributed by atoms with van der Waals surface area (Å²) in [6.07, 6.45) is 2.09. The zero-order valence-corrected chi connectivity index (χ0v) is 11.2. The van der Waals surface area contributed by atoms with E-state index >= 15 is 0 Å². The van der Waals surface area contributed by atoms with Crippen LogP contribution in [0.3, 0.4) is 0 Å². The summed E-state index contributed by atoms with van der Waals surface area (Å²) < 4.78 is 0. The van der Waals surface area contributed by atoms with Crippen LogP contribution in [0.25, 0.3) is 0 Å². The zero-order chi connectivity index (χ0) is 14.1. The summed E-state index contributed by atoms with van der Waals surface area (Å²) in [4.78, 5) is 13.0. The number of carbonyl (C=O) groups is 1. The fourth-order valence-electron chi connectivity index (χ4n) is 2.61. The second-order valence-electron chi connectivity index (χ2n) is 4.97. The summed E-state index contributed by atoms with van der Waals surface area (Å²) in [6, 6.07) is 11.7. The van der Waals surface area contributed by atoms with Gasteiger partial charge in [0, 0.05) is 11.7 Å². The van der Waals surface area contributed by atoms with Gasteiger partial charge in [-0.1, -0.05) is 18.2 Å². The van der Waals surface area contributed by atoms with Crippen LogP contribution in [0.4, 0.5) is 11.5 Å². The lowest BCUT2D eigenvalue weighted by Gasteiger charge is -2.35. The van der Waals surface area contributed by atoms with E-state index in [0.717, 1.165) is 18.5 Å². The van der Waals surface area contributed by atoms with E-state index in [1.807, 2.05) is 12.1 Å². The second-order valence-corrected chi connectivity index (χ2v) is 4.97. The molecule has 5 nitrogen and oxygen atoms in total. The molecule has 2 aromatic rings. The fourth-order valence-corrected chi connectivity index (χ4v) is 2.61. The molecule has 0 saturated heterocycles. The molecule has 5 heteroatoms. The highest BCUT2D eigenvalue weighted by molar-refractivity contribution is 5.85. The first-order chi connectivity index (χ1) is 9.66. The second kappa shape index (κ2) is 4.92. The monoisotopic (exact) mass is 269 g/mol. The van der Waals surface area contributed by atoms with Gasteiger partial charge in [-0.05, 0) is 43.5 Å². The van der Waals surface area contributed by atoms with Gasteiger partial charge in [0.05, 0.1) is 0 Å². The van der Waals surface area contributed by atoms with Crippen molar-refractivity contribution in [3.05, 3.63) is 47.7 Å². The quantitative estimate of drug-likeness (QED) is 0.907. The Kier molecular flexibility index (Phi) is 3.10. The SMILES string of the molecule is CC1CCc2ccccc2N1c1ccc(C(=O)O)nn1. The van der Waals surface area contributed by atoms with Crippen molar-refractivity contribution in [1.29, 1.82) is 0 Å². The third kappa shape index (κ3) is 2.11. The first kappa shape index (κ1) is 12.6. The third-order valence-corrected chi connectivity index (χ3v) is 3.64. The molecule has 1 aromatic heterocycles. The van der Waals surface area contributed by atoms with Crippen LogP contribution in [-0.2, 0) is 6.42 Å². The maximum Gasteiger partial charge on any atom is 0.356 e. The molecule has 3 rings (SSSR count). The molecule has 0 bridgehead atoms. The smallest absolute Gasteiger partial charge is 0.356 e. The van der Waals surface area contributed by atoms with Crippen molar-refractivity contribution in [3.63, 3.8) is 0 Å². The number of carboxylic acid groups (broad SMARTS) is 1. The summed E-state index contributed by atoms with van der Waals surface area (Å²) in [5.41, 5.74) is 2.38. The van der Waals surface area contributed by atoms with Gasteiger partial charge in [-0.25, -0.2) is 4.79 Å². The Bertz CT molecular complexity index is 640. The number of aromatic nitrogens is 2. The van der Waals surface area contributed by atoms with Crippen molar-refractivity contribution in [2.45, 2.75) is 25.8 Å². The number of hydrogen-bond acceptors (Lipinski definition) is 4. The number of fused-ring (bicyclic) bond motifs is 1. The molecule has 0 fully saturated rings. The lowest BCUT2D eigenvalue weighted by Crippen LogP contribution is -2.34. The molecule has 0 saturated carbocycles. The number of aryl methyl sites for hydroxylation is 1. The van der Waals surface area contributed by atoms with Crippen LogP contribution in [0.5, 0.6) is 0 Å². The predicted molar refractivity (Wildman–Crippen MR) is 75.4 cm³/mol. The van der Waals surface area contributed by atoms with Gasteiger partial charge < -0.3 is 10.0 Å². The molecule has 0 amide bonds. The van der Waals surface area contributed by atoms with Gasteiger partial charge in [0.25, 0.3) is 0 Å². The normalized spacial score (nSPS) is 17.6. The zero-order valence-electron chi connectivity index (χ0n) is 11.2. The van der Waals surface area contributed by atoms with Crippen LogP contribution in [0.15, 0.2) is 36.4 Å². The largest absolute Gasteiger partial charge is 0.476 e. The summed E-state index contributed by atoms with van der Waals surface area (Å²) in [7, 11) is 0. The molecule has 102 valence electrons. The Balaban J connectivity index is 2.02. The van der Waals surface area contributed by atoms with E-state index in [9.17, 15) is 4.79 Å². The molecule has 1 aliphatic heterocycles. The molecule has 1 N–H and O–H groups in total. The Morgan fingerprint density at radius 2 is 2.05 bits per heavy atom. The maximum atomic E-state index is 10.8. The number of aromatic carboxylic acids is 1. The van der Waals surface area contributed by atoms with Crippen molar-refractivity contribution < 1.29 is 9.90 Å². The Morgan fingerprint density at radius 3 is 2.75 bits per heavy atom. The highest BCUT2D eigenvalue weighted by Gasteiger charge is 2.25. The van der Waals surface area contributed by atoms with Gasteiger partial charge in [0.15, 0.2) is 11.5 Å². The average molecular weight is 269 g/mol. The number of anilines is 2. The minimum absolute atomic E-state index is 0.0355. The van der Waals surface area contributed by atoms with Crippen molar-refractivity contribution in [3.8, 4) is 0 Å². The van der Waals surface area contributed by atoms with Gasteiger partial charge >= 0.3 is 5.97 Å². The van der Waals surface area contributed by atoms with E-state index in [4.69, 9.17) is 5.11 Å². The van der Waals surface area contributed by atoms with E-state index in [1.54, 1.807) is 6.07 Å². The first-order valence-corrected chi connectivity index (χ1v) is 6.61. The molecule has 0 spiro atoms. The van der Waals surface area contributed by atoms with Crippen LogP contribution in [-0.4, -0.2) is 27.3 Å². The average Bonchev–Trinajstić information content (AvgIpc) is 2.47. The number of benzene rings is 1. The lowest BCUT2D eigenvalue weighted by molar-refractivity contribution is 0.0689. The van der Waals surface area contributed by atoms with E-state index in [0.29, 0.717) is 11.9 Å². The molecule has 1 atom stereocenters. The molecular formula is C15H15N3O2. The van der Waals surface area contributed by atoms with Gasteiger partial charge in [-0.2, -0.15) is 0 Å². The summed E-state index contributed by atoms with van der Waals surface area (Å²) >= 11 is 0. The van der Waals surface area contributed by atoms with Crippen molar-refractivity contribution >= 4 is 17.5 Å². The molecule has 0 aliphatic carbocycles. The topological polar surface area (TPSA) is 66.3 Å². The minimum atomic E-state index is -1.06. The standard InChI is InChI=1S/C15H15N3O2/c1-10-6-7-11-4-2-3-5-13(11)18(10)14-9-8-12(15(19)20)16-17-14/h2-5,8-10H,6-7H2,1H3,(H,19,20). The van der Waals surface area contributed by atoms with Gasteiger partial charge in [0.2, 0.25) is 0 Å². The van der Waals surface area contributed by atoms with Gasteiger partial charge in [-0.15, -0.1) is 10.2 Å². The van der Waals surface area contributed by atoms with Crippen molar-refractivity contribution in [1.82, 2.24) is 10.2 Å². The molecular weight excluding hydrogens is 254 g/mol. The third-order valence-electron chi connectivity index (χ3n) is 3.64. The molecule has 1 unspecified atom stereocenters. The maximum absolute atomic E-state index is 10.8. The molecule has 20 heavy (non-hydrogen) atoms. The van der Waals surface area contributed by atoms with Crippen LogP contribution in [0.1, 0.15) is 29.4 Å². The van der Waals surface area contributed by atoms with Gasteiger partial charge in [-0.3, -0.25) is 0 Å². The first-order valence-electron chi connectivity index (χ1n) is 6.61. The Hall–Kier alpha value is -2.43. The summed E-state index contributed by atoms with van der Waals surface area (Å²) in [6.45, 7) is 2.14. The van der Waals surface area contributed by atoms with Crippen LogP contribution in [0, 0.1) is 0 Å². The van der Waals surface area contributed by atoms with Crippen LogP contribution >= 0.6 is 0 Å². The molecule has 1 aromatic carbocycles. The van der Waals surface area contributed by atoms with E-state index in [1.165, 1.54) is 11.6 Å². The van der Waals surface area contributed by atoms with E-state index in [-0.39, 0.29) is 5.69 Å².